The highest BCUT2D eigenvalue weighted by Gasteiger charge is 2.31. The van der Waals surface area contributed by atoms with Crippen molar-refractivity contribution in [3.05, 3.63) is 84.3 Å². The van der Waals surface area contributed by atoms with Gasteiger partial charge in [0.1, 0.15) is 17.1 Å². The summed E-state index contributed by atoms with van der Waals surface area (Å²) in [7, 11) is 0. The van der Waals surface area contributed by atoms with Crippen LogP contribution < -0.4 is 10.1 Å². The van der Waals surface area contributed by atoms with E-state index in [2.05, 4.69) is 39.3 Å². The Balaban J connectivity index is 1.22. The molecular formula is C31H30F3N3O4. The molecule has 0 spiro atoms. The van der Waals surface area contributed by atoms with Crippen molar-refractivity contribution >= 4 is 23.2 Å². The van der Waals surface area contributed by atoms with Gasteiger partial charge in [0.25, 0.3) is 5.91 Å². The molecular weight excluding hydrogens is 535 g/mol. The Hall–Kier alpha value is -4.34. The van der Waals surface area contributed by atoms with Crippen LogP contribution in [0.25, 0.3) is 16.8 Å². The van der Waals surface area contributed by atoms with Crippen LogP contribution >= 0.6 is 0 Å². The molecule has 0 atom stereocenters. The number of amides is 1. The number of aromatic nitrogens is 2. The van der Waals surface area contributed by atoms with E-state index in [1.165, 1.54) is 17.7 Å². The zero-order valence-electron chi connectivity index (χ0n) is 22.5. The fourth-order valence-corrected chi connectivity index (χ4v) is 5.34. The number of imidazole rings is 1. The lowest BCUT2D eigenvalue weighted by molar-refractivity contribution is -0.274. The third-order valence-corrected chi connectivity index (χ3v) is 7.33. The number of carbonyl (C=O) groups is 2. The van der Waals surface area contributed by atoms with Crippen LogP contribution in [0.1, 0.15) is 61.0 Å². The number of esters is 1. The van der Waals surface area contributed by atoms with E-state index in [9.17, 15) is 22.8 Å². The monoisotopic (exact) mass is 565 g/mol. The van der Waals surface area contributed by atoms with Gasteiger partial charge in [0.2, 0.25) is 0 Å². The molecule has 0 aliphatic heterocycles. The number of alkyl halides is 3. The summed E-state index contributed by atoms with van der Waals surface area (Å²) in [6.07, 6.45) is 3.28. The second-order valence-corrected chi connectivity index (χ2v) is 10.2. The standard InChI is InChI=1S/C31H30F3N3O4/c1-2-40-29(38)16-20-6-8-21(9-7-20)22-10-12-23(13-11-22)24-14-15-28-36-27(19-37(28)18-24)30(39)35-25-4-3-5-26(17-25)41-31(32,33)34/h3-5,10-15,17-21H,2,6-9,16H2,1H3,(H,35,39)/t20-,21-. The Labute approximate surface area is 235 Å². The van der Waals surface area contributed by atoms with Crippen LogP contribution in [0.15, 0.2) is 73.1 Å². The maximum Gasteiger partial charge on any atom is 0.573 e. The molecule has 1 fully saturated rings. The van der Waals surface area contributed by atoms with Crippen molar-refractivity contribution in [3.8, 4) is 16.9 Å². The van der Waals surface area contributed by atoms with Gasteiger partial charge in [0.15, 0.2) is 0 Å². The maximum atomic E-state index is 12.8. The first-order valence-electron chi connectivity index (χ1n) is 13.6. The minimum atomic E-state index is -4.83. The van der Waals surface area contributed by atoms with Crippen LogP contribution in [0, 0.1) is 5.92 Å². The first kappa shape index (κ1) is 28.2. The molecule has 1 amide bonds. The molecule has 1 N–H and O–H groups in total. The predicted octanol–water partition coefficient (Wildman–Crippen LogP) is 7.38. The number of anilines is 1. The van der Waals surface area contributed by atoms with Gasteiger partial charge in [-0.05, 0) is 85.4 Å². The molecule has 5 rings (SSSR count). The zero-order chi connectivity index (χ0) is 29.0. The molecule has 1 saturated carbocycles. The van der Waals surface area contributed by atoms with Crippen molar-refractivity contribution in [2.75, 3.05) is 11.9 Å². The van der Waals surface area contributed by atoms with Gasteiger partial charge in [-0.25, -0.2) is 4.98 Å². The van der Waals surface area contributed by atoms with Crippen LogP contribution in [0.5, 0.6) is 5.75 Å². The number of rotatable bonds is 8. The molecule has 10 heteroatoms. The van der Waals surface area contributed by atoms with Crippen molar-refractivity contribution in [1.29, 1.82) is 0 Å². The average Bonchev–Trinajstić information content (AvgIpc) is 3.37. The first-order chi connectivity index (χ1) is 19.7. The van der Waals surface area contributed by atoms with Crippen molar-refractivity contribution in [2.45, 2.75) is 51.3 Å². The molecule has 0 bridgehead atoms. The fraction of sp³-hybridized carbons (Fsp3) is 0.323. The largest absolute Gasteiger partial charge is 0.573 e. The van der Waals surface area contributed by atoms with Gasteiger partial charge < -0.3 is 19.2 Å². The summed E-state index contributed by atoms with van der Waals surface area (Å²) in [6.45, 7) is 2.25. The molecule has 2 aromatic carbocycles. The highest BCUT2D eigenvalue weighted by Crippen LogP contribution is 2.38. The second-order valence-electron chi connectivity index (χ2n) is 10.2. The molecule has 1 aliphatic rings. The van der Waals surface area contributed by atoms with Crippen molar-refractivity contribution in [2.24, 2.45) is 5.92 Å². The number of ether oxygens (including phenoxy) is 2. The van der Waals surface area contributed by atoms with E-state index in [1.807, 2.05) is 25.3 Å². The highest BCUT2D eigenvalue weighted by molar-refractivity contribution is 6.03. The Bertz CT molecular complexity index is 1520. The van der Waals surface area contributed by atoms with E-state index < -0.39 is 18.0 Å². The number of nitrogens with one attached hydrogen (secondary N) is 1. The van der Waals surface area contributed by atoms with E-state index >= 15 is 0 Å². The van der Waals surface area contributed by atoms with E-state index in [0.717, 1.165) is 48.9 Å². The molecule has 214 valence electrons. The molecule has 2 heterocycles. The third kappa shape index (κ3) is 7.25. The number of pyridine rings is 1. The van der Waals surface area contributed by atoms with Crippen LogP contribution in [0.2, 0.25) is 0 Å². The van der Waals surface area contributed by atoms with Crippen LogP contribution in [-0.4, -0.2) is 34.2 Å². The number of fused-ring (bicyclic) bond motifs is 1. The fourth-order valence-electron chi connectivity index (χ4n) is 5.34. The first-order valence-corrected chi connectivity index (χ1v) is 13.6. The molecule has 0 saturated heterocycles. The minimum Gasteiger partial charge on any atom is -0.466 e. The lowest BCUT2D eigenvalue weighted by Gasteiger charge is -2.28. The van der Waals surface area contributed by atoms with Gasteiger partial charge >= 0.3 is 12.3 Å². The topological polar surface area (TPSA) is 81.9 Å². The van der Waals surface area contributed by atoms with Crippen molar-refractivity contribution in [3.63, 3.8) is 0 Å². The van der Waals surface area contributed by atoms with Crippen LogP contribution in [0.3, 0.4) is 0 Å². The van der Waals surface area contributed by atoms with Crippen LogP contribution in [-0.2, 0) is 9.53 Å². The summed E-state index contributed by atoms with van der Waals surface area (Å²) in [4.78, 5) is 28.9. The third-order valence-electron chi connectivity index (χ3n) is 7.33. The molecule has 0 unspecified atom stereocenters. The SMILES string of the molecule is CCOC(=O)C[C@H]1CC[C@H](c2ccc(-c3ccc4nc(C(=O)Nc5cccc(OC(F)(F)F)c5)cn4c3)cc2)CC1. The molecule has 41 heavy (non-hydrogen) atoms. The normalized spacial score (nSPS) is 17.3. The van der Waals surface area contributed by atoms with Crippen molar-refractivity contribution in [1.82, 2.24) is 9.38 Å². The Kier molecular flexibility index (Phi) is 8.28. The summed E-state index contributed by atoms with van der Waals surface area (Å²) in [5.74, 6) is -0.219. The molecule has 0 radical (unpaired) electrons. The summed E-state index contributed by atoms with van der Waals surface area (Å²) in [5.41, 5.74) is 4.09. The smallest absolute Gasteiger partial charge is 0.466 e. The molecule has 4 aromatic rings. The summed E-state index contributed by atoms with van der Waals surface area (Å²) < 4.78 is 48.3. The molecule has 1 aliphatic carbocycles. The summed E-state index contributed by atoms with van der Waals surface area (Å²) in [5, 5.41) is 2.56. The van der Waals surface area contributed by atoms with Crippen molar-refractivity contribution < 1.29 is 32.2 Å². The van der Waals surface area contributed by atoms with Gasteiger partial charge in [0, 0.05) is 30.6 Å². The lowest BCUT2D eigenvalue weighted by Crippen LogP contribution is -2.17. The van der Waals surface area contributed by atoms with Gasteiger partial charge in [-0.2, -0.15) is 0 Å². The predicted molar refractivity (Wildman–Crippen MR) is 148 cm³/mol. The number of carbonyl (C=O) groups excluding carboxylic acids is 2. The van der Waals surface area contributed by atoms with E-state index in [1.54, 1.807) is 10.6 Å². The van der Waals surface area contributed by atoms with E-state index in [-0.39, 0.29) is 17.4 Å². The van der Waals surface area contributed by atoms with Gasteiger partial charge in [-0.15, -0.1) is 13.2 Å². The Morgan fingerprint density at radius 2 is 1.71 bits per heavy atom. The maximum absolute atomic E-state index is 12.8. The highest BCUT2D eigenvalue weighted by atomic mass is 19.4. The zero-order valence-corrected chi connectivity index (χ0v) is 22.5. The molecule has 2 aromatic heterocycles. The number of nitrogens with zero attached hydrogens (tertiary/aromatic N) is 2. The Morgan fingerprint density at radius 1 is 0.976 bits per heavy atom. The number of benzene rings is 2. The van der Waals surface area contributed by atoms with Gasteiger partial charge in [0.05, 0.1) is 6.61 Å². The summed E-state index contributed by atoms with van der Waals surface area (Å²) in [6, 6.07) is 17.3. The number of hydrogen-bond donors (Lipinski definition) is 1. The quantitative estimate of drug-likeness (QED) is 0.226. The molecule has 7 nitrogen and oxygen atoms in total. The Morgan fingerprint density at radius 3 is 2.41 bits per heavy atom. The van der Waals surface area contributed by atoms with Gasteiger partial charge in [-0.1, -0.05) is 30.3 Å². The second kappa shape index (κ2) is 12.0. The number of hydrogen-bond acceptors (Lipinski definition) is 5. The lowest BCUT2D eigenvalue weighted by atomic mass is 9.77. The van der Waals surface area contributed by atoms with E-state index in [4.69, 9.17) is 4.74 Å². The van der Waals surface area contributed by atoms with Gasteiger partial charge in [-0.3, -0.25) is 9.59 Å². The summed E-state index contributed by atoms with van der Waals surface area (Å²) >= 11 is 0. The van der Waals surface area contributed by atoms with E-state index in [0.29, 0.717) is 30.5 Å². The average molecular weight is 566 g/mol. The van der Waals surface area contributed by atoms with Crippen LogP contribution in [0.4, 0.5) is 18.9 Å². The number of halogens is 3. The minimum absolute atomic E-state index is 0.104.